The molecule has 21 heavy (non-hydrogen) atoms. The number of halogens is 3. The van der Waals surface area contributed by atoms with E-state index in [-0.39, 0.29) is 17.7 Å². The van der Waals surface area contributed by atoms with Crippen LogP contribution in [0.25, 0.3) is 0 Å². The number of hydrogen-bond donors (Lipinski definition) is 1. The molecular formula is C16H16BrF2NO. The quantitative estimate of drug-likeness (QED) is 0.835. The zero-order valence-corrected chi connectivity index (χ0v) is 13.2. The van der Waals surface area contributed by atoms with E-state index < -0.39 is 0 Å². The lowest BCUT2D eigenvalue weighted by Crippen LogP contribution is -2.21. The molecule has 5 heteroatoms. The van der Waals surface area contributed by atoms with Crippen LogP contribution >= 0.6 is 15.9 Å². The fourth-order valence-corrected chi connectivity index (χ4v) is 2.34. The van der Waals surface area contributed by atoms with Crippen LogP contribution in [-0.2, 0) is 6.42 Å². The summed E-state index contributed by atoms with van der Waals surface area (Å²) in [6, 6.07) is 8.38. The molecule has 0 radical (unpaired) electrons. The summed E-state index contributed by atoms with van der Waals surface area (Å²) in [4.78, 5) is 0. The first kappa shape index (κ1) is 15.9. The third-order valence-corrected chi connectivity index (χ3v) is 3.76. The molecule has 0 amide bonds. The van der Waals surface area contributed by atoms with E-state index in [9.17, 15) is 8.78 Å². The van der Waals surface area contributed by atoms with Crippen molar-refractivity contribution in [3.63, 3.8) is 0 Å². The number of nitrogens with two attached hydrogens (primary N) is 1. The second-order valence-electron chi connectivity index (χ2n) is 4.80. The lowest BCUT2D eigenvalue weighted by atomic mass is 10.0. The molecule has 0 aromatic heterocycles. The van der Waals surface area contributed by atoms with Crippen LogP contribution in [-0.4, -0.2) is 6.04 Å². The fourth-order valence-electron chi connectivity index (χ4n) is 1.91. The van der Waals surface area contributed by atoms with Crippen molar-refractivity contribution in [1.82, 2.24) is 0 Å². The van der Waals surface area contributed by atoms with Crippen LogP contribution in [0.1, 0.15) is 18.9 Å². The second-order valence-corrected chi connectivity index (χ2v) is 5.66. The summed E-state index contributed by atoms with van der Waals surface area (Å²) < 4.78 is 32.8. The minimum absolute atomic E-state index is 0.0641. The van der Waals surface area contributed by atoms with Crippen molar-refractivity contribution in [3.8, 4) is 11.5 Å². The summed E-state index contributed by atoms with van der Waals surface area (Å²) in [6.07, 6.45) is 1.30. The molecule has 0 aliphatic carbocycles. The summed E-state index contributed by atoms with van der Waals surface area (Å²) in [5.41, 5.74) is 6.63. The van der Waals surface area contributed by atoms with Crippen LogP contribution in [0.2, 0.25) is 0 Å². The minimum atomic E-state index is -0.360. The Morgan fingerprint density at radius 1 is 1.10 bits per heavy atom. The number of ether oxygens (including phenoxy) is 1. The van der Waals surface area contributed by atoms with Crippen LogP contribution in [0.5, 0.6) is 11.5 Å². The van der Waals surface area contributed by atoms with Crippen molar-refractivity contribution in [3.05, 3.63) is 58.1 Å². The van der Waals surface area contributed by atoms with E-state index >= 15 is 0 Å². The summed E-state index contributed by atoms with van der Waals surface area (Å²) >= 11 is 3.24. The van der Waals surface area contributed by atoms with E-state index in [1.54, 1.807) is 6.07 Å². The van der Waals surface area contributed by atoms with Gasteiger partial charge < -0.3 is 10.5 Å². The molecule has 0 aliphatic heterocycles. The van der Waals surface area contributed by atoms with Crippen LogP contribution in [0.15, 0.2) is 40.9 Å². The predicted molar refractivity (Wildman–Crippen MR) is 82.5 cm³/mol. The Morgan fingerprint density at radius 3 is 2.33 bits per heavy atom. The summed E-state index contributed by atoms with van der Waals surface area (Å²) in [5.74, 6) is 0.294. The molecule has 1 unspecified atom stereocenters. The molecule has 0 spiro atoms. The molecule has 0 aliphatic rings. The first-order valence-electron chi connectivity index (χ1n) is 6.66. The van der Waals surface area contributed by atoms with Crippen LogP contribution in [0.4, 0.5) is 8.78 Å². The molecule has 2 N–H and O–H groups in total. The van der Waals surface area contributed by atoms with Gasteiger partial charge in [-0.25, -0.2) is 8.78 Å². The maximum absolute atomic E-state index is 13.4. The van der Waals surface area contributed by atoms with Crippen LogP contribution in [0.3, 0.4) is 0 Å². The largest absolute Gasteiger partial charge is 0.456 e. The van der Waals surface area contributed by atoms with E-state index in [1.165, 1.54) is 30.3 Å². The Bertz CT molecular complexity index is 634. The van der Waals surface area contributed by atoms with Crippen molar-refractivity contribution in [2.75, 3.05) is 0 Å². The van der Waals surface area contributed by atoms with Gasteiger partial charge in [-0.15, -0.1) is 0 Å². The average molecular weight is 356 g/mol. The van der Waals surface area contributed by atoms with Gasteiger partial charge in [0, 0.05) is 6.04 Å². The third-order valence-electron chi connectivity index (χ3n) is 3.14. The average Bonchev–Trinajstić information content (AvgIpc) is 2.44. The Hall–Kier alpha value is -1.46. The SMILES string of the molecule is CCC(N)Cc1cc(F)ccc1Oc1ccc(F)cc1Br. The highest BCUT2D eigenvalue weighted by molar-refractivity contribution is 9.10. The van der Waals surface area contributed by atoms with Gasteiger partial charge in [0.2, 0.25) is 0 Å². The van der Waals surface area contributed by atoms with Crippen molar-refractivity contribution in [2.24, 2.45) is 5.73 Å². The lowest BCUT2D eigenvalue weighted by Gasteiger charge is -2.15. The Morgan fingerprint density at radius 2 is 1.71 bits per heavy atom. The second kappa shape index (κ2) is 7.00. The summed E-state index contributed by atoms with van der Waals surface area (Å²) in [6.45, 7) is 1.97. The van der Waals surface area contributed by atoms with E-state index in [1.807, 2.05) is 6.92 Å². The van der Waals surface area contributed by atoms with Gasteiger partial charge in [0.1, 0.15) is 23.1 Å². The lowest BCUT2D eigenvalue weighted by molar-refractivity contribution is 0.464. The Kier molecular flexibility index (Phi) is 5.31. The molecule has 1 atom stereocenters. The van der Waals surface area contributed by atoms with E-state index in [2.05, 4.69) is 15.9 Å². The van der Waals surface area contributed by atoms with Gasteiger partial charge in [0.15, 0.2) is 0 Å². The van der Waals surface area contributed by atoms with E-state index in [0.29, 0.717) is 28.0 Å². The van der Waals surface area contributed by atoms with Gasteiger partial charge in [0.05, 0.1) is 4.47 Å². The molecule has 0 saturated heterocycles. The van der Waals surface area contributed by atoms with Crippen molar-refractivity contribution in [1.29, 1.82) is 0 Å². The van der Waals surface area contributed by atoms with Crippen LogP contribution in [0, 0.1) is 11.6 Å². The topological polar surface area (TPSA) is 35.2 Å². The maximum Gasteiger partial charge on any atom is 0.141 e. The molecule has 2 nitrogen and oxygen atoms in total. The molecule has 0 heterocycles. The smallest absolute Gasteiger partial charge is 0.141 e. The number of rotatable bonds is 5. The van der Waals surface area contributed by atoms with Gasteiger partial charge >= 0.3 is 0 Å². The van der Waals surface area contributed by atoms with Crippen LogP contribution < -0.4 is 10.5 Å². The standard InChI is InChI=1S/C16H16BrF2NO/c1-2-13(20)8-10-7-11(18)3-5-15(10)21-16-6-4-12(19)9-14(16)17/h3-7,9,13H,2,8,20H2,1H3. The van der Waals surface area contributed by atoms with Gasteiger partial charge in [-0.3, -0.25) is 0 Å². The number of benzene rings is 2. The molecule has 112 valence electrons. The minimum Gasteiger partial charge on any atom is -0.456 e. The van der Waals surface area contributed by atoms with Gasteiger partial charge in [-0.1, -0.05) is 6.92 Å². The highest BCUT2D eigenvalue weighted by Gasteiger charge is 2.12. The first-order valence-corrected chi connectivity index (χ1v) is 7.45. The highest BCUT2D eigenvalue weighted by Crippen LogP contribution is 2.32. The molecular weight excluding hydrogens is 340 g/mol. The Balaban J connectivity index is 2.30. The zero-order chi connectivity index (χ0) is 15.4. The van der Waals surface area contributed by atoms with Crippen molar-refractivity contribution in [2.45, 2.75) is 25.8 Å². The fraction of sp³-hybridized carbons (Fsp3) is 0.250. The first-order chi connectivity index (χ1) is 9.99. The summed E-state index contributed by atoms with van der Waals surface area (Å²) in [7, 11) is 0. The Labute approximate surface area is 131 Å². The molecule has 2 aromatic carbocycles. The maximum atomic E-state index is 13.4. The summed E-state index contributed by atoms with van der Waals surface area (Å²) in [5, 5.41) is 0. The van der Waals surface area contributed by atoms with E-state index in [4.69, 9.17) is 10.5 Å². The van der Waals surface area contributed by atoms with Crippen molar-refractivity contribution < 1.29 is 13.5 Å². The molecule has 0 bridgehead atoms. The molecule has 0 saturated carbocycles. The normalized spacial score (nSPS) is 12.2. The van der Waals surface area contributed by atoms with E-state index in [0.717, 1.165) is 6.42 Å². The highest BCUT2D eigenvalue weighted by atomic mass is 79.9. The monoisotopic (exact) mass is 355 g/mol. The van der Waals surface area contributed by atoms with Gasteiger partial charge in [-0.05, 0) is 70.7 Å². The molecule has 2 aromatic rings. The molecule has 2 rings (SSSR count). The van der Waals surface area contributed by atoms with Gasteiger partial charge in [0.25, 0.3) is 0 Å². The van der Waals surface area contributed by atoms with Crippen molar-refractivity contribution >= 4 is 15.9 Å². The predicted octanol–water partition coefficient (Wildman–Crippen LogP) is 4.80. The number of hydrogen-bond acceptors (Lipinski definition) is 2. The third kappa shape index (κ3) is 4.25. The van der Waals surface area contributed by atoms with Gasteiger partial charge in [-0.2, -0.15) is 0 Å². The molecule has 0 fully saturated rings. The zero-order valence-electron chi connectivity index (χ0n) is 11.6.